The van der Waals surface area contributed by atoms with Crippen molar-refractivity contribution in [3.63, 3.8) is 0 Å². The number of aliphatic carboxylic acids is 1. The summed E-state index contributed by atoms with van der Waals surface area (Å²) < 4.78 is 5.58. The smallest absolute Gasteiger partial charge is 0.321 e. The normalized spacial score (nSPS) is 19.4. The Morgan fingerprint density at radius 2 is 2.00 bits per heavy atom. The summed E-state index contributed by atoms with van der Waals surface area (Å²) in [6.07, 6.45) is 3.77. The van der Waals surface area contributed by atoms with Crippen molar-refractivity contribution in [1.29, 1.82) is 0 Å². The van der Waals surface area contributed by atoms with E-state index in [-0.39, 0.29) is 24.5 Å². The van der Waals surface area contributed by atoms with Gasteiger partial charge in [-0.2, -0.15) is 0 Å². The number of ether oxygens (including phenoxy) is 1. The van der Waals surface area contributed by atoms with Gasteiger partial charge < -0.3 is 20.1 Å². The van der Waals surface area contributed by atoms with Crippen LogP contribution in [0.3, 0.4) is 0 Å². The number of anilines is 1. The first-order valence-electron chi connectivity index (χ1n) is 8.76. The molecule has 0 bridgehead atoms. The van der Waals surface area contributed by atoms with Gasteiger partial charge in [-0.1, -0.05) is 6.92 Å². The molecule has 2 aromatic rings. The Morgan fingerprint density at radius 1 is 1.26 bits per heavy atom. The molecule has 0 saturated carbocycles. The maximum atomic E-state index is 12.6. The van der Waals surface area contributed by atoms with Gasteiger partial charge in [0.05, 0.1) is 5.92 Å². The van der Waals surface area contributed by atoms with E-state index in [0.717, 1.165) is 5.56 Å². The third-order valence-corrected chi connectivity index (χ3v) is 4.49. The van der Waals surface area contributed by atoms with Crippen LogP contribution in [0.15, 0.2) is 36.7 Å². The number of carbonyl (C=O) groups is 2. The zero-order chi connectivity index (χ0) is 19.4. The van der Waals surface area contributed by atoms with Crippen molar-refractivity contribution < 1.29 is 19.4 Å². The van der Waals surface area contributed by atoms with E-state index in [0.29, 0.717) is 24.4 Å². The van der Waals surface area contributed by atoms with Crippen molar-refractivity contribution in [1.82, 2.24) is 14.9 Å². The molecule has 142 valence electrons. The zero-order valence-electron chi connectivity index (χ0n) is 15.3. The molecule has 3 rings (SSSR count). The van der Waals surface area contributed by atoms with Gasteiger partial charge in [0.2, 0.25) is 0 Å². The largest absolute Gasteiger partial charge is 0.481 e. The van der Waals surface area contributed by atoms with Gasteiger partial charge in [0.25, 0.3) is 0 Å². The molecule has 8 heteroatoms. The molecule has 27 heavy (non-hydrogen) atoms. The second-order valence-corrected chi connectivity index (χ2v) is 6.82. The van der Waals surface area contributed by atoms with Crippen LogP contribution < -0.4 is 10.1 Å². The Hall–Kier alpha value is -3.16. The number of nitrogens with zero attached hydrogens (tertiary/aromatic N) is 3. The molecule has 1 aliphatic rings. The van der Waals surface area contributed by atoms with Gasteiger partial charge >= 0.3 is 18.0 Å². The summed E-state index contributed by atoms with van der Waals surface area (Å²) in [4.78, 5) is 33.4. The molecule has 8 nitrogen and oxygen atoms in total. The molecular formula is C19H22N4O4. The minimum absolute atomic E-state index is 0.147. The summed E-state index contributed by atoms with van der Waals surface area (Å²) in [7, 11) is 0. The van der Waals surface area contributed by atoms with Crippen LogP contribution in [0.2, 0.25) is 0 Å². The third kappa shape index (κ3) is 4.72. The molecule has 1 aliphatic heterocycles. The number of amides is 2. The number of rotatable bonds is 4. The van der Waals surface area contributed by atoms with Crippen molar-refractivity contribution in [2.24, 2.45) is 11.8 Å². The number of likely N-dealkylation sites (tertiary alicyclic amines) is 1. The minimum Gasteiger partial charge on any atom is -0.481 e. The van der Waals surface area contributed by atoms with E-state index in [1.54, 1.807) is 41.6 Å². The van der Waals surface area contributed by atoms with Gasteiger partial charge in [-0.25, -0.2) is 14.8 Å². The molecule has 2 amide bonds. The van der Waals surface area contributed by atoms with Crippen LogP contribution in [-0.4, -0.2) is 45.1 Å². The number of carboxylic acid groups (broad SMARTS) is 1. The van der Waals surface area contributed by atoms with Crippen LogP contribution >= 0.6 is 0 Å². The SMILES string of the molecule is Cc1cc(Oc2ncccn2)ccc1NC(=O)N1CC(C)CC(C(=O)O)C1. The molecule has 1 aromatic heterocycles. The van der Waals surface area contributed by atoms with Crippen LogP contribution in [0.25, 0.3) is 0 Å². The Morgan fingerprint density at radius 3 is 2.67 bits per heavy atom. The highest BCUT2D eigenvalue weighted by atomic mass is 16.5. The summed E-state index contributed by atoms with van der Waals surface area (Å²) in [5, 5.41) is 12.1. The summed E-state index contributed by atoms with van der Waals surface area (Å²) in [6, 6.07) is 6.90. The molecule has 1 aromatic carbocycles. The predicted octanol–water partition coefficient (Wildman–Crippen LogP) is 3.15. The average molecular weight is 370 g/mol. The highest BCUT2D eigenvalue weighted by molar-refractivity contribution is 5.90. The number of hydrogen-bond acceptors (Lipinski definition) is 5. The number of aryl methyl sites for hydroxylation is 1. The number of aromatic nitrogens is 2. The van der Waals surface area contributed by atoms with Gasteiger partial charge in [-0.05, 0) is 49.1 Å². The van der Waals surface area contributed by atoms with Crippen molar-refractivity contribution in [3.8, 4) is 11.8 Å². The van der Waals surface area contributed by atoms with E-state index >= 15 is 0 Å². The van der Waals surface area contributed by atoms with E-state index in [4.69, 9.17) is 4.74 Å². The summed E-state index contributed by atoms with van der Waals surface area (Å²) in [5.41, 5.74) is 1.46. The Labute approximate surface area is 157 Å². The Balaban J connectivity index is 1.66. The molecule has 0 aliphatic carbocycles. The third-order valence-electron chi connectivity index (χ3n) is 4.49. The fourth-order valence-electron chi connectivity index (χ4n) is 3.17. The Bertz CT molecular complexity index is 828. The van der Waals surface area contributed by atoms with Gasteiger partial charge in [-0.15, -0.1) is 0 Å². The second-order valence-electron chi connectivity index (χ2n) is 6.82. The molecule has 1 saturated heterocycles. The summed E-state index contributed by atoms with van der Waals surface area (Å²) in [5.74, 6) is -0.676. The lowest BCUT2D eigenvalue weighted by atomic mass is 9.91. The van der Waals surface area contributed by atoms with E-state index in [1.807, 2.05) is 13.8 Å². The highest BCUT2D eigenvalue weighted by Crippen LogP contribution is 2.26. The second kappa shape index (κ2) is 8.03. The topological polar surface area (TPSA) is 105 Å². The van der Waals surface area contributed by atoms with Gasteiger partial charge in [0.1, 0.15) is 5.75 Å². The lowest BCUT2D eigenvalue weighted by Gasteiger charge is -2.34. The molecule has 0 radical (unpaired) electrons. The highest BCUT2D eigenvalue weighted by Gasteiger charge is 2.32. The summed E-state index contributed by atoms with van der Waals surface area (Å²) in [6.45, 7) is 4.57. The number of piperidine rings is 1. The van der Waals surface area contributed by atoms with Gasteiger partial charge in [0, 0.05) is 31.2 Å². The summed E-state index contributed by atoms with van der Waals surface area (Å²) >= 11 is 0. The fraction of sp³-hybridized carbons (Fsp3) is 0.368. The van der Waals surface area contributed by atoms with E-state index in [1.165, 1.54) is 0 Å². The average Bonchev–Trinajstić information content (AvgIpc) is 2.64. The maximum Gasteiger partial charge on any atom is 0.321 e. The lowest BCUT2D eigenvalue weighted by molar-refractivity contribution is -0.143. The molecule has 2 N–H and O–H groups in total. The standard InChI is InChI=1S/C19H22N4O4/c1-12-8-14(17(24)25)11-23(10-12)19(26)22-16-5-4-15(9-13(16)2)27-18-20-6-3-7-21-18/h3-7,9,12,14H,8,10-11H2,1-2H3,(H,22,26)(H,24,25). The number of urea groups is 1. The van der Waals surface area contributed by atoms with Crippen LogP contribution in [0.5, 0.6) is 11.8 Å². The number of benzene rings is 1. The van der Waals surface area contributed by atoms with Crippen LogP contribution in [0.1, 0.15) is 18.9 Å². The molecule has 2 heterocycles. The minimum atomic E-state index is -0.861. The maximum absolute atomic E-state index is 12.6. The number of carboxylic acids is 1. The lowest BCUT2D eigenvalue weighted by Crippen LogP contribution is -2.47. The molecule has 1 fully saturated rings. The zero-order valence-corrected chi connectivity index (χ0v) is 15.3. The predicted molar refractivity (Wildman–Crippen MR) is 98.8 cm³/mol. The van der Waals surface area contributed by atoms with Crippen molar-refractivity contribution in [2.45, 2.75) is 20.3 Å². The fourth-order valence-corrected chi connectivity index (χ4v) is 3.17. The van der Waals surface area contributed by atoms with Crippen LogP contribution in [0, 0.1) is 18.8 Å². The van der Waals surface area contributed by atoms with Gasteiger partial charge in [0.15, 0.2) is 0 Å². The molecule has 2 atom stereocenters. The number of nitrogens with one attached hydrogen (secondary N) is 1. The first-order chi connectivity index (χ1) is 12.9. The van der Waals surface area contributed by atoms with Crippen LogP contribution in [-0.2, 0) is 4.79 Å². The number of carbonyl (C=O) groups excluding carboxylic acids is 1. The molecular weight excluding hydrogens is 348 g/mol. The van der Waals surface area contributed by atoms with E-state index < -0.39 is 11.9 Å². The van der Waals surface area contributed by atoms with Crippen molar-refractivity contribution in [3.05, 3.63) is 42.2 Å². The Kier molecular flexibility index (Phi) is 5.54. The van der Waals surface area contributed by atoms with Crippen LogP contribution in [0.4, 0.5) is 10.5 Å². The quantitative estimate of drug-likeness (QED) is 0.857. The van der Waals surface area contributed by atoms with E-state index in [2.05, 4.69) is 15.3 Å². The van der Waals surface area contributed by atoms with Crippen molar-refractivity contribution in [2.75, 3.05) is 18.4 Å². The van der Waals surface area contributed by atoms with E-state index in [9.17, 15) is 14.7 Å². The van der Waals surface area contributed by atoms with Crippen molar-refractivity contribution >= 4 is 17.7 Å². The first kappa shape index (κ1) is 18.6. The monoisotopic (exact) mass is 370 g/mol. The number of hydrogen-bond donors (Lipinski definition) is 2. The molecule has 0 spiro atoms. The van der Waals surface area contributed by atoms with Gasteiger partial charge in [-0.3, -0.25) is 4.79 Å². The molecule has 2 unspecified atom stereocenters. The first-order valence-corrected chi connectivity index (χ1v) is 8.76.